The molecular weight excluding hydrogens is 473 g/mol. The summed E-state index contributed by atoms with van der Waals surface area (Å²) in [5, 5.41) is 12.0. The van der Waals surface area contributed by atoms with Crippen LogP contribution in [0.4, 0.5) is 4.39 Å². The Morgan fingerprint density at radius 1 is 1.17 bits per heavy atom. The molecule has 10 nitrogen and oxygen atoms in total. The average Bonchev–Trinajstić information content (AvgIpc) is 3.56. The van der Waals surface area contributed by atoms with Gasteiger partial charge in [-0.3, -0.25) is 14.6 Å². The number of benzene rings is 1. The molecule has 5 rings (SSSR count). The molecule has 4 aromatic rings. The van der Waals surface area contributed by atoms with Crippen molar-refractivity contribution in [2.75, 3.05) is 0 Å². The van der Waals surface area contributed by atoms with Gasteiger partial charge in [0.05, 0.1) is 10.9 Å². The molecule has 35 heavy (non-hydrogen) atoms. The molecule has 4 N–H and O–H groups in total. The number of aromatic amines is 2. The smallest absolute Gasteiger partial charge is 0.340 e. The van der Waals surface area contributed by atoms with Crippen LogP contribution < -0.4 is 16.3 Å². The van der Waals surface area contributed by atoms with Gasteiger partial charge in [-0.15, -0.1) is 11.3 Å². The third kappa shape index (κ3) is 4.73. The Morgan fingerprint density at radius 3 is 2.71 bits per heavy atom. The zero-order valence-electron chi connectivity index (χ0n) is 18.5. The summed E-state index contributed by atoms with van der Waals surface area (Å²) in [5.41, 5.74) is 2.08. The largest absolute Gasteiger partial charge is 0.347 e. The number of hydrogen-bond acceptors (Lipinski definition) is 7. The van der Waals surface area contributed by atoms with Gasteiger partial charge in [0.1, 0.15) is 23.5 Å². The third-order valence-electron chi connectivity index (χ3n) is 5.71. The number of carbonyl (C=O) groups excluding carboxylic acids is 2. The third-order valence-corrected chi connectivity index (χ3v) is 7.01. The minimum absolute atomic E-state index is 0.0528. The van der Waals surface area contributed by atoms with Crippen LogP contribution in [0, 0.1) is 12.7 Å². The summed E-state index contributed by atoms with van der Waals surface area (Å²) in [4.78, 5) is 49.2. The Bertz CT molecular complexity index is 1490. The maximum atomic E-state index is 13.4. The number of thiophene rings is 1. The van der Waals surface area contributed by atoms with Crippen LogP contribution in [0.25, 0.3) is 10.7 Å². The van der Waals surface area contributed by atoms with Gasteiger partial charge in [0, 0.05) is 17.5 Å². The van der Waals surface area contributed by atoms with Crippen LogP contribution in [0.2, 0.25) is 0 Å². The summed E-state index contributed by atoms with van der Waals surface area (Å²) in [5.74, 6) is -0.739. The van der Waals surface area contributed by atoms with Gasteiger partial charge in [0.15, 0.2) is 5.82 Å². The van der Waals surface area contributed by atoms with E-state index in [9.17, 15) is 18.8 Å². The SMILES string of the molecule is Cc1cc(CNC(=O)c2cc(C(=O)N[C@H]3CCc4cc(-c5n[nH]c(=O)[nH]5)sc43)ncn2)ccc1F. The van der Waals surface area contributed by atoms with E-state index < -0.39 is 11.8 Å². The first kappa shape index (κ1) is 22.6. The van der Waals surface area contributed by atoms with Crippen LogP contribution in [-0.2, 0) is 13.0 Å². The number of nitrogens with zero attached hydrogens (tertiary/aromatic N) is 3. The van der Waals surface area contributed by atoms with Gasteiger partial charge in [-0.05, 0) is 48.6 Å². The second kappa shape index (κ2) is 9.22. The molecule has 0 fully saturated rings. The predicted octanol–water partition coefficient (Wildman–Crippen LogP) is 2.41. The van der Waals surface area contributed by atoms with E-state index >= 15 is 0 Å². The molecule has 0 aliphatic heterocycles. The molecule has 12 heteroatoms. The summed E-state index contributed by atoms with van der Waals surface area (Å²) < 4.78 is 13.4. The van der Waals surface area contributed by atoms with Crippen molar-refractivity contribution >= 4 is 23.2 Å². The number of halogens is 1. The van der Waals surface area contributed by atoms with Gasteiger partial charge >= 0.3 is 5.69 Å². The summed E-state index contributed by atoms with van der Waals surface area (Å²) in [6.45, 7) is 1.84. The molecule has 0 bridgehead atoms. The molecule has 1 aliphatic carbocycles. The van der Waals surface area contributed by atoms with Gasteiger partial charge in [-0.25, -0.2) is 24.3 Å². The van der Waals surface area contributed by atoms with Crippen LogP contribution in [0.1, 0.15) is 55.0 Å². The maximum absolute atomic E-state index is 13.4. The van der Waals surface area contributed by atoms with Gasteiger partial charge in [-0.1, -0.05) is 12.1 Å². The number of hydrogen-bond donors (Lipinski definition) is 4. The summed E-state index contributed by atoms with van der Waals surface area (Å²) in [6.07, 6.45) is 2.69. The van der Waals surface area contributed by atoms with Crippen LogP contribution in [0.15, 0.2) is 41.5 Å². The lowest BCUT2D eigenvalue weighted by molar-refractivity contribution is 0.0932. The minimum Gasteiger partial charge on any atom is -0.347 e. The van der Waals surface area contributed by atoms with Crippen molar-refractivity contribution in [3.8, 4) is 10.7 Å². The predicted molar refractivity (Wildman–Crippen MR) is 125 cm³/mol. The molecule has 178 valence electrons. The summed E-state index contributed by atoms with van der Waals surface area (Å²) in [7, 11) is 0. The number of rotatable bonds is 6. The lowest BCUT2D eigenvalue weighted by atomic mass is 10.1. The Kier molecular flexibility index (Phi) is 5.95. The van der Waals surface area contributed by atoms with Crippen molar-refractivity contribution in [2.45, 2.75) is 32.4 Å². The molecule has 0 spiro atoms. The van der Waals surface area contributed by atoms with Crippen LogP contribution in [0.3, 0.4) is 0 Å². The summed E-state index contributed by atoms with van der Waals surface area (Å²) in [6, 6.07) is 7.69. The molecule has 1 aliphatic rings. The molecule has 0 unspecified atom stereocenters. The Hall–Kier alpha value is -4.19. The fraction of sp³-hybridized carbons (Fsp3) is 0.217. The highest BCUT2D eigenvalue weighted by Gasteiger charge is 2.28. The molecular formula is C23H20FN7O3S. The van der Waals surface area contributed by atoms with Crippen molar-refractivity contribution in [1.29, 1.82) is 0 Å². The number of aryl methyl sites for hydroxylation is 2. The van der Waals surface area contributed by atoms with E-state index in [2.05, 4.69) is 35.8 Å². The van der Waals surface area contributed by atoms with Crippen LogP contribution in [0.5, 0.6) is 0 Å². The topological polar surface area (TPSA) is 146 Å². The van der Waals surface area contributed by atoms with Gasteiger partial charge in [0.2, 0.25) is 0 Å². The van der Waals surface area contributed by atoms with Crippen LogP contribution >= 0.6 is 11.3 Å². The molecule has 0 saturated carbocycles. The lowest BCUT2D eigenvalue weighted by Gasteiger charge is -2.12. The Balaban J connectivity index is 1.25. The Labute approximate surface area is 202 Å². The molecule has 0 radical (unpaired) electrons. The van der Waals surface area contributed by atoms with Gasteiger partial charge in [0.25, 0.3) is 11.8 Å². The van der Waals surface area contributed by atoms with E-state index in [0.29, 0.717) is 11.4 Å². The second-order valence-electron chi connectivity index (χ2n) is 8.15. The van der Waals surface area contributed by atoms with Crippen molar-refractivity contribution < 1.29 is 14.0 Å². The van der Waals surface area contributed by atoms with Crippen molar-refractivity contribution in [3.05, 3.63) is 85.9 Å². The van der Waals surface area contributed by atoms with Crippen LogP contribution in [-0.4, -0.2) is 37.0 Å². The van der Waals surface area contributed by atoms with Crippen molar-refractivity contribution in [2.24, 2.45) is 0 Å². The highest BCUT2D eigenvalue weighted by Crippen LogP contribution is 2.40. The second-order valence-corrected chi connectivity index (χ2v) is 9.23. The minimum atomic E-state index is -0.470. The van der Waals surface area contributed by atoms with Crippen molar-refractivity contribution in [3.63, 3.8) is 0 Å². The first-order chi connectivity index (χ1) is 16.9. The molecule has 2 amide bonds. The molecule has 1 aromatic carbocycles. The Morgan fingerprint density at radius 2 is 1.97 bits per heavy atom. The van der Waals surface area contributed by atoms with Gasteiger partial charge in [-0.2, -0.15) is 5.10 Å². The fourth-order valence-electron chi connectivity index (χ4n) is 3.93. The number of fused-ring (bicyclic) bond motifs is 1. The van der Waals surface area contributed by atoms with E-state index in [1.54, 1.807) is 19.1 Å². The normalized spacial score (nSPS) is 14.5. The zero-order valence-corrected chi connectivity index (χ0v) is 19.3. The molecule has 1 atom stereocenters. The summed E-state index contributed by atoms with van der Waals surface area (Å²) >= 11 is 1.46. The van der Waals surface area contributed by atoms with E-state index in [0.717, 1.165) is 33.7 Å². The standard InChI is InChI=1S/C23H20FN7O3S/c1-11-6-12(2-4-14(11)24)9-25-21(32)16-8-17(27-10-26-16)22(33)28-15-5-3-13-7-18(35-19(13)15)20-29-23(34)31-30-20/h2,4,6-8,10,15H,3,5,9H2,1H3,(H,25,32)(H,28,33)(H2,29,30,31,34)/t15-/m0/s1. The number of carbonyl (C=O) groups is 2. The maximum Gasteiger partial charge on any atom is 0.340 e. The fourth-order valence-corrected chi connectivity index (χ4v) is 5.18. The van der Waals surface area contributed by atoms with Crippen molar-refractivity contribution in [1.82, 2.24) is 35.8 Å². The van der Waals surface area contributed by atoms with E-state index in [1.807, 2.05) is 6.07 Å². The van der Waals surface area contributed by atoms with Gasteiger partial charge < -0.3 is 10.6 Å². The zero-order chi connectivity index (χ0) is 24.5. The molecule has 3 aromatic heterocycles. The van der Waals surface area contributed by atoms with E-state index in [4.69, 9.17) is 0 Å². The lowest BCUT2D eigenvalue weighted by Crippen LogP contribution is -2.29. The number of amides is 2. The monoisotopic (exact) mass is 493 g/mol. The molecule has 3 heterocycles. The first-order valence-electron chi connectivity index (χ1n) is 10.8. The number of nitrogens with one attached hydrogen (secondary N) is 4. The average molecular weight is 494 g/mol. The van der Waals surface area contributed by atoms with E-state index in [1.165, 1.54) is 29.8 Å². The molecule has 0 saturated heterocycles. The number of H-pyrrole nitrogens is 2. The highest BCUT2D eigenvalue weighted by atomic mass is 32.1. The van der Waals surface area contributed by atoms with E-state index in [-0.39, 0.29) is 35.5 Å². The highest BCUT2D eigenvalue weighted by molar-refractivity contribution is 7.15. The number of aromatic nitrogens is 5. The quantitative estimate of drug-likeness (QED) is 0.325. The first-order valence-corrected chi connectivity index (χ1v) is 11.6.